The summed E-state index contributed by atoms with van der Waals surface area (Å²) in [5.74, 6) is 0. The number of fused-ring (bicyclic) bond motifs is 1. The number of hydrogen-bond donors (Lipinski definition) is 1. The van der Waals surface area contributed by atoms with Gasteiger partial charge in [-0.15, -0.1) is 0 Å². The molecule has 2 N–H and O–H groups in total. The van der Waals surface area contributed by atoms with Gasteiger partial charge < -0.3 is 10.5 Å². The SMILES string of the molecule is CC(C)(C)C(N)c1ccc2c(c1)COC2. The molecule has 1 unspecified atom stereocenters. The fourth-order valence-corrected chi connectivity index (χ4v) is 1.89. The Morgan fingerprint density at radius 2 is 1.87 bits per heavy atom. The topological polar surface area (TPSA) is 35.2 Å². The number of benzene rings is 1. The second-order valence-electron chi connectivity index (χ2n) is 5.36. The van der Waals surface area contributed by atoms with Crippen LogP contribution in [-0.2, 0) is 18.0 Å². The molecule has 0 radical (unpaired) electrons. The van der Waals surface area contributed by atoms with Crippen LogP contribution in [-0.4, -0.2) is 0 Å². The van der Waals surface area contributed by atoms with Crippen LogP contribution in [0, 0.1) is 5.41 Å². The molecule has 0 saturated carbocycles. The van der Waals surface area contributed by atoms with E-state index >= 15 is 0 Å². The summed E-state index contributed by atoms with van der Waals surface area (Å²) in [6.07, 6.45) is 0. The first kappa shape index (κ1) is 10.7. The highest BCUT2D eigenvalue weighted by Gasteiger charge is 2.23. The molecule has 0 aromatic heterocycles. The van der Waals surface area contributed by atoms with Crippen molar-refractivity contribution in [2.45, 2.75) is 40.0 Å². The molecule has 15 heavy (non-hydrogen) atoms. The minimum atomic E-state index is 0.0865. The molecule has 1 atom stereocenters. The Balaban J connectivity index is 2.31. The van der Waals surface area contributed by atoms with Crippen molar-refractivity contribution in [1.29, 1.82) is 0 Å². The van der Waals surface area contributed by atoms with E-state index in [1.807, 2.05) is 0 Å². The average molecular weight is 205 g/mol. The van der Waals surface area contributed by atoms with E-state index in [0.717, 1.165) is 13.2 Å². The van der Waals surface area contributed by atoms with Crippen LogP contribution < -0.4 is 5.73 Å². The van der Waals surface area contributed by atoms with Gasteiger partial charge in [0.25, 0.3) is 0 Å². The Kier molecular flexibility index (Phi) is 2.57. The lowest BCUT2D eigenvalue weighted by molar-refractivity contribution is 0.134. The van der Waals surface area contributed by atoms with Crippen LogP contribution in [0.25, 0.3) is 0 Å². The van der Waals surface area contributed by atoms with E-state index < -0.39 is 0 Å². The molecule has 0 amide bonds. The fraction of sp³-hybridized carbons (Fsp3) is 0.538. The van der Waals surface area contributed by atoms with E-state index in [1.54, 1.807) is 0 Å². The first-order valence-electron chi connectivity index (χ1n) is 5.43. The van der Waals surface area contributed by atoms with Gasteiger partial charge in [-0.25, -0.2) is 0 Å². The van der Waals surface area contributed by atoms with Crippen molar-refractivity contribution in [2.75, 3.05) is 0 Å². The highest BCUT2D eigenvalue weighted by Crippen LogP contribution is 2.32. The average Bonchev–Trinajstić information content (AvgIpc) is 2.61. The molecule has 82 valence electrons. The number of nitrogens with two attached hydrogens (primary N) is 1. The van der Waals surface area contributed by atoms with Crippen LogP contribution in [0.15, 0.2) is 18.2 Å². The monoisotopic (exact) mass is 205 g/mol. The van der Waals surface area contributed by atoms with Gasteiger partial charge in [-0.1, -0.05) is 39.0 Å². The van der Waals surface area contributed by atoms with Crippen LogP contribution in [0.1, 0.15) is 43.5 Å². The maximum Gasteiger partial charge on any atom is 0.0725 e. The van der Waals surface area contributed by atoms with Gasteiger partial charge >= 0.3 is 0 Å². The number of rotatable bonds is 1. The summed E-state index contributed by atoms with van der Waals surface area (Å²) in [5.41, 5.74) is 10.1. The molecule has 1 aromatic rings. The van der Waals surface area contributed by atoms with Crippen molar-refractivity contribution in [3.8, 4) is 0 Å². The zero-order chi connectivity index (χ0) is 11.1. The Hall–Kier alpha value is -0.860. The third kappa shape index (κ3) is 2.06. The van der Waals surface area contributed by atoms with E-state index in [9.17, 15) is 0 Å². The van der Waals surface area contributed by atoms with Crippen LogP contribution in [0.5, 0.6) is 0 Å². The van der Waals surface area contributed by atoms with Crippen molar-refractivity contribution in [3.05, 3.63) is 34.9 Å². The predicted octanol–water partition coefficient (Wildman–Crippen LogP) is 2.76. The van der Waals surface area contributed by atoms with E-state index in [0.29, 0.717) is 0 Å². The van der Waals surface area contributed by atoms with Crippen molar-refractivity contribution in [3.63, 3.8) is 0 Å². The molecule has 0 spiro atoms. The summed E-state index contributed by atoms with van der Waals surface area (Å²) >= 11 is 0. The molecule has 0 bridgehead atoms. The van der Waals surface area contributed by atoms with Gasteiger partial charge in [-0.3, -0.25) is 0 Å². The third-order valence-corrected chi connectivity index (χ3v) is 3.04. The molecule has 1 aliphatic heterocycles. The molecule has 1 aromatic carbocycles. The summed E-state index contributed by atoms with van der Waals surface area (Å²) in [6, 6.07) is 6.55. The molecule has 2 rings (SSSR count). The van der Waals surface area contributed by atoms with Gasteiger partial charge in [0, 0.05) is 6.04 Å². The minimum Gasteiger partial charge on any atom is -0.372 e. The number of hydrogen-bond acceptors (Lipinski definition) is 2. The van der Waals surface area contributed by atoms with Gasteiger partial charge in [0.1, 0.15) is 0 Å². The lowest BCUT2D eigenvalue weighted by Gasteiger charge is -2.27. The lowest BCUT2D eigenvalue weighted by Crippen LogP contribution is -2.26. The highest BCUT2D eigenvalue weighted by molar-refractivity contribution is 5.35. The minimum absolute atomic E-state index is 0.0865. The van der Waals surface area contributed by atoms with Crippen LogP contribution in [0.4, 0.5) is 0 Å². The molecular formula is C13H19NO. The van der Waals surface area contributed by atoms with E-state index in [1.165, 1.54) is 16.7 Å². The third-order valence-electron chi connectivity index (χ3n) is 3.04. The zero-order valence-corrected chi connectivity index (χ0v) is 9.71. The van der Waals surface area contributed by atoms with Crippen LogP contribution >= 0.6 is 0 Å². The number of ether oxygens (including phenoxy) is 1. The van der Waals surface area contributed by atoms with Crippen LogP contribution in [0.3, 0.4) is 0 Å². The zero-order valence-electron chi connectivity index (χ0n) is 9.71. The Morgan fingerprint density at radius 3 is 2.53 bits per heavy atom. The molecule has 0 aliphatic carbocycles. The van der Waals surface area contributed by atoms with Crippen molar-refractivity contribution >= 4 is 0 Å². The van der Waals surface area contributed by atoms with Crippen molar-refractivity contribution < 1.29 is 4.74 Å². The Labute approximate surface area is 91.4 Å². The molecule has 0 saturated heterocycles. The fourth-order valence-electron chi connectivity index (χ4n) is 1.89. The molecule has 2 heteroatoms. The van der Waals surface area contributed by atoms with Gasteiger partial charge in [-0.2, -0.15) is 0 Å². The highest BCUT2D eigenvalue weighted by atomic mass is 16.5. The van der Waals surface area contributed by atoms with Gasteiger partial charge in [0.05, 0.1) is 13.2 Å². The van der Waals surface area contributed by atoms with E-state index in [-0.39, 0.29) is 11.5 Å². The maximum atomic E-state index is 6.23. The normalized spacial score (nSPS) is 17.6. The van der Waals surface area contributed by atoms with Crippen molar-refractivity contribution in [2.24, 2.45) is 11.1 Å². The molecule has 0 fully saturated rings. The second kappa shape index (κ2) is 3.62. The summed E-state index contributed by atoms with van der Waals surface area (Å²) < 4.78 is 5.39. The smallest absolute Gasteiger partial charge is 0.0725 e. The Bertz CT molecular complexity index is 365. The molecular weight excluding hydrogens is 186 g/mol. The standard InChI is InChI=1S/C13H19NO/c1-13(2,3)12(14)9-4-5-10-7-15-8-11(10)6-9/h4-6,12H,7-8,14H2,1-3H3. The van der Waals surface area contributed by atoms with Gasteiger partial charge in [0.2, 0.25) is 0 Å². The first-order valence-corrected chi connectivity index (χ1v) is 5.43. The first-order chi connectivity index (χ1) is 6.98. The van der Waals surface area contributed by atoms with Gasteiger partial charge in [0.15, 0.2) is 0 Å². The lowest BCUT2D eigenvalue weighted by atomic mass is 9.82. The molecule has 2 nitrogen and oxygen atoms in total. The summed E-state index contributed by atoms with van der Waals surface area (Å²) in [4.78, 5) is 0. The van der Waals surface area contributed by atoms with Crippen molar-refractivity contribution in [1.82, 2.24) is 0 Å². The maximum absolute atomic E-state index is 6.23. The molecule has 1 heterocycles. The largest absolute Gasteiger partial charge is 0.372 e. The van der Waals surface area contributed by atoms with Crippen LogP contribution in [0.2, 0.25) is 0 Å². The summed E-state index contributed by atoms with van der Waals surface area (Å²) in [5, 5.41) is 0. The van der Waals surface area contributed by atoms with Gasteiger partial charge in [-0.05, 0) is 22.1 Å². The van der Waals surface area contributed by atoms with E-state index in [4.69, 9.17) is 10.5 Å². The summed E-state index contributed by atoms with van der Waals surface area (Å²) in [6.45, 7) is 7.99. The Morgan fingerprint density at radius 1 is 1.20 bits per heavy atom. The molecule has 1 aliphatic rings. The summed E-state index contributed by atoms with van der Waals surface area (Å²) in [7, 11) is 0. The predicted molar refractivity (Wildman–Crippen MR) is 61.3 cm³/mol. The second-order valence-corrected chi connectivity index (χ2v) is 5.36. The quantitative estimate of drug-likeness (QED) is 0.765. The van der Waals surface area contributed by atoms with E-state index in [2.05, 4.69) is 39.0 Å².